The minimum Gasteiger partial charge on any atom is -0.454 e. The van der Waals surface area contributed by atoms with Crippen LogP contribution in [0.15, 0.2) is 46.9 Å². The zero-order valence-corrected chi connectivity index (χ0v) is 13.6. The number of hydrogen-bond acceptors (Lipinski definition) is 5. The highest BCUT2D eigenvalue weighted by molar-refractivity contribution is 5.98. The Balaban J connectivity index is 2.10. The van der Waals surface area contributed by atoms with Crippen molar-refractivity contribution in [1.29, 1.82) is 5.26 Å². The standard InChI is InChI=1S/C18H18N2O4/c1-13-9-10-16(23-13)18(22)24-14(2)17(21)20(12-6-11-19)15-7-4-3-5-8-15/h3-5,7-10,14H,6,12H2,1-2H3. The summed E-state index contributed by atoms with van der Waals surface area (Å²) in [5, 5.41) is 8.79. The smallest absolute Gasteiger partial charge is 0.375 e. The van der Waals surface area contributed by atoms with E-state index >= 15 is 0 Å². The van der Waals surface area contributed by atoms with Crippen LogP contribution in [0, 0.1) is 18.3 Å². The van der Waals surface area contributed by atoms with E-state index < -0.39 is 18.0 Å². The largest absolute Gasteiger partial charge is 0.454 e. The summed E-state index contributed by atoms with van der Waals surface area (Å²) in [7, 11) is 0. The predicted molar refractivity (Wildman–Crippen MR) is 87.3 cm³/mol. The van der Waals surface area contributed by atoms with Crippen LogP contribution in [-0.4, -0.2) is 24.5 Å². The molecule has 0 fully saturated rings. The minimum atomic E-state index is -0.998. The molecule has 0 spiro atoms. The fourth-order valence-electron chi connectivity index (χ4n) is 2.17. The molecule has 1 aromatic carbocycles. The fourth-order valence-corrected chi connectivity index (χ4v) is 2.17. The van der Waals surface area contributed by atoms with Crippen molar-refractivity contribution in [3.05, 3.63) is 54.0 Å². The molecule has 6 heteroatoms. The van der Waals surface area contributed by atoms with Crippen LogP contribution >= 0.6 is 0 Å². The van der Waals surface area contributed by atoms with Crippen LogP contribution in [-0.2, 0) is 9.53 Å². The average molecular weight is 326 g/mol. The van der Waals surface area contributed by atoms with Gasteiger partial charge in [-0.25, -0.2) is 4.79 Å². The van der Waals surface area contributed by atoms with Gasteiger partial charge in [-0.15, -0.1) is 0 Å². The molecule has 0 saturated heterocycles. The molecule has 0 aliphatic heterocycles. The van der Waals surface area contributed by atoms with E-state index in [0.29, 0.717) is 11.4 Å². The molecule has 0 aliphatic rings. The molecule has 1 atom stereocenters. The molecule has 1 aromatic heterocycles. The minimum absolute atomic E-state index is 0.0513. The van der Waals surface area contributed by atoms with Gasteiger partial charge in [-0.3, -0.25) is 4.79 Å². The lowest BCUT2D eigenvalue weighted by atomic mass is 10.2. The van der Waals surface area contributed by atoms with Crippen molar-refractivity contribution >= 4 is 17.6 Å². The summed E-state index contributed by atoms with van der Waals surface area (Å²) >= 11 is 0. The third kappa shape index (κ3) is 4.23. The van der Waals surface area contributed by atoms with Crippen LogP contribution in [0.2, 0.25) is 0 Å². The van der Waals surface area contributed by atoms with Gasteiger partial charge < -0.3 is 14.1 Å². The van der Waals surface area contributed by atoms with Crippen molar-refractivity contribution in [2.75, 3.05) is 11.4 Å². The van der Waals surface area contributed by atoms with E-state index in [0.717, 1.165) is 0 Å². The zero-order chi connectivity index (χ0) is 17.5. The van der Waals surface area contributed by atoms with E-state index in [1.54, 1.807) is 37.3 Å². The number of para-hydroxylation sites is 1. The first-order valence-electron chi connectivity index (χ1n) is 7.53. The van der Waals surface area contributed by atoms with Gasteiger partial charge in [0.05, 0.1) is 12.5 Å². The van der Waals surface area contributed by atoms with Gasteiger partial charge in [0.15, 0.2) is 6.10 Å². The number of nitriles is 1. The lowest BCUT2D eigenvalue weighted by molar-refractivity contribution is -0.126. The molecule has 124 valence electrons. The second-order valence-corrected chi connectivity index (χ2v) is 5.19. The van der Waals surface area contributed by atoms with Crippen LogP contribution < -0.4 is 4.90 Å². The number of amides is 1. The summed E-state index contributed by atoms with van der Waals surface area (Å²) in [4.78, 5) is 26.1. The Bertz CT molecular complexity index is 746. The number of furan rings is 1. The molecule has 1 heterocycles. The van der Waals surface area contributed by atoms with Crippen LogP contribution in [0.3, 0.4) is 0 Å². The summed E-state index contributed by atoms with van der Waals surface area (Å²) in [6.07, 6.45) is -0.819. The van der Waals surface area contributed by atoms with Crippen LogP contribution in [0.5, 0.6) is 0 Å². The van der Waals surface area contributed by atoms with Crippen molar-refractivity contribution in [3.8, 4) is 6.07 Å². The fraction of sp³-hybridized carbons (Fsp3) is 0.278. The van der Waals surface area contributed by atoms with Gasteiger partial charge in [0, 0.05) is 12.2 Å². The molecule has 6 nitrogen and oxygen atoms in total. The number of rotatable bonds is 6. The zero-order valence-electron chi connectivity index (χ0n) is 13.6. The van der Waals surface area contributed by atoms with Gasteiger partial charge in [-0.2, -0.15) is 5.26 Å². The second-order valence-electron chi connectivity index (χ2n) is 5.19. The first kappa shape index (κ1) is 17.3. The molecule has 0 aliphatic carbocycles. The number of hydrogen-bond donors (Lipinski definition) is 0. The van der Waals surface area contributed by atoms with E-state index in [-0.39, 0.29) is 18.7 Å². The van der Waals surface area contributed by atoms with Crippen molar-refractivity contribution < 1.29 is 18.7 Å². The molecule has 1 amide bonds. The Hall–Kier alpha value is -3.07. The van der Waals surface area contributed by atoms with Gasteiger partial charge in [-0.1, -0.05) is 18.2 Å². The molecule has 1 unspecified atom stereocenters. The highest BCUT2D eigenvalue weighted by Crippen LogP contribution is 2.17. The Labute approximate surface area is 140 Å². The predicted octanol–water partition coefficient (Wildman–Crippen LogP) is 3.08. The maximum absolute atomic E-state index is 12.6. The molecule has 2 rings (SSSR count). The Morgan fingerprint density at radius 3 is 2.54 bits per heavy atom. The Kier molecular flexibility index (Phi) is 5.74. The lowest BCUT2D eigenvalue weighted by Gasteiger charge is -2.24. The molecular formula is C18H18N2O4. The van der Waals surface area contributed by atoms with Gasteiger partial charge in [0.1, 0.15) is 5.76 Å². The van der Waals surface area contributed by atoms with Gasteiger partial charge in [-0.05, 0) is 38.1 Å². The van der Waals surface area contributed by atoms with Gasteiger partial charge in [0.25, 0.3) is 5.91 Å². The Morgan fingerprint density at radius 2 is 1.96 bits per heavy atom. The maximum Gasteiger partial charge on any atom is 0.375 e. The van der Waals surface area contributed by atoms with E-state index in [4.69, 9.17) is 14.4 Å². The molecule has 24 heavy (non-hydrogen) atoms. The number of ether oxygens (including phenoxy) is 1. The van der Waals surface area contributed by atoms with Crippen molar-refractivity contribution in [2.45, 2.75) is 26.4 Å². The third-order valence-electron chi connectivity index (χ3n) is 3.35. The third-order valence-corrected chi connectivity index (χ3v) is 3.35. The number of carbonyl (C=O) groups excluding carboxylic acids is 2. The van der Waals surface area contributed by atoms with E-state index in [1.165, 1.54) is 17.9 Å². The number of aryl methyl sites for hydroxylation is 1. The monoisotopic (exact) mass is 326 g/mol. The second kappa shape index (κ2) is 7.97. The highest BCUT2D eigenvalue weighted by atomic mass is 16.6. The number of benzene rings is 1. The van der Waals surface area contributed by atoms with Gasteiger partial charge in [0.2, 0.25) is 5.76 Å². The summed E-state index contributed by atoms with van der Waals surface area (Å²) < 4.78 is 10.4. The van der Waals surface area contributed by atoms with Crippen LogP contribution in [0.1, 0.15) is 29.7 Å². The Morgan fingerprint density at radius 1 is 1.25 bits per heavy atom. The molecule has 0 N–H and O–H groups in total. The van der Waals surface area contributed by atoms with Crippen molar-refractivity contribution in [1.82, 2.24) is 0 Å². The van der Waals surface area contributed by atoms with E-state index in [1.807, 2.05) is 12.1 Å². The number of esters is 1. The number of anilines is 1. The maximum atomic E-state index is 12.6. The lowest BCUT2D eigenvalue weighted by Crippen LogP contribution is -2.40. The molecule has 0 radical (unpaired) electrons. The average Bonchev–Trinajstić information content (AvgIpc) is 3.02. The normalized spacial score (nSPS) is 11.4. The molecule has 0 saturated carbocycles. The summed E-state index contributed by atoms with van der Waals surface area (Å²) in [5.74, 6) is -0.457. The topological polar surface area (TPSA) is 83.5 Å². The first-order valence-corrected chi connectivity index (χ1v) is 7.53. The molecule has 0 bridgehead atoms. The summed E-state index contributed by atoms with van der Waals surface area (Å²) in [6, 6.07) is 14.1. The SMILES string of the molecule is Cc1ccc(C(=O)OC(C)C(=O)N(CCC#N)c2ccccc2)o1. The van der Waals surface area contributed by atoms with Crippen molar-refractivity contribution in [2.24, 2.45) is 0 Å². The van der Waals surface area contributed by atoms with E-state index in [9.17, 15) is 9.59 Å². The van der Waals surface area contributed by atoms with Gasteiger partial charge >= 0.3 is 5.97 Å². The highest BCUT2D eigenvalue weighted by Gasteiger charge is 2.26. The summed E-state index contributed by atoms with van der Waals surface area (Å²) in [6.45, 7) is 3.43. The first-order chi connectivity index (χ1) is 11.5. The number of carbonyl (C=O) groups is 2. The van der Waals surface area contributed by atoms with Crippen molar-refractivity contribution in [3.63, 3.8) is 0 Å². The summed E-state index contributed by atoms with van der Waals surface area (Å²) in [5.41, 5.74) is 0.648. The number of nitrogens with zero attached hydrogens (tertiary/aromatic N) is 2. The van der Waals surface area contributed by atoms with Crippen LogP contribution in [0.25, 0.3) is 0 Å². The van der Waals surface area contributed by atoms with E-state index in [2.05, 4.69) is 0 Å². The quantitative estimate of drug-likeness (QED) is 0.762. The molecular weight excluding hydrogens is 308 g/mol. The van der Waals surface area contributed by atoms with Crippen LogP contribution in [0.4, 0.5) is 5.69 Å². The molecule has 2 aromatic rings.